The normalized spacial score (nSPS) is 20.8. The van der Waals surface area contributed by atoms with E-state index in [2.05, 4.69) is 88.4 Å². The van der Waals surface area contributed by atoms with Gasteiger partial charge in [-0.2, -0.15) is 0 Å². The molecular formula is C33H34BNO2. The number of benzene rings is 3. The smallest absolute Gasteiger partial charge is 0.399 e. The Balaban J connectivity index is 1.37. The zero-order valence-corrected chi connectivity index (χ0v) is 22.3. The molecule has 3 aromatic carbocycles. The lowest BCUT2D eigenvalue weighted by Gasteiger charge is -2.36. The van der Waals surface area contributed by atoms with Crippen LogP contribution in [0.5, 0.6) is 0 Å². The fraction of sp³-hybridized carbons (Fsp3) is 0.364. The third-order valence-corrected chi connectivity index (χ3v) is 9.56. The van der Waals surface area contributed by atoms with Gasteiger partial charge in [-0.3, -0.25) is 4.98 Å². The van der Waals surface area contributed by atoms with Crippen LogP contribution >= 0.6 is 0 Å². The molecule has 3 nitrogen and oxygen atoms in total. The largest absolute Gasteiger partial charge is 0.494 e. The topological polar surface area (TPSA) is 31.4 Å². The van der Waals surface area contributed by atoms with Crippen molar-refractivity contribution in [2.24, 2.45) is 0 Å². The Morgan fingerprint density at radius 1 is 0.703 bits per heavy atom. The first-order valence-corrected chi connectivity index (χ1v) is 13.8. The molecule has 4 aromatic rings. The highest BCUT2D eigenvalue weighted by Gasteiger charge is 2.52. The quantitative estimate of drug-likeness (QED) is 0.276. The van der Waals surface area contributed by atoms with Crippen LogP contribution in [0.3, 0.4) is 0 Å². The number of fused-ring (bicyclic) bond motifs is 6. The van der Waals surface area contributed by atoms with Crippen molar-refractivity contribution in [1.29, 1.82) is 0 Å². The van der Waals surface area contributed by atoms with Crippen LogP contribution < -0.4 is 5.46 Å². The monoisotopic (exact) mass is 487 g/mol. The molecule has 1 saturated heterocycles. The van der Waals surface area contributed by atoms with E-state index in [1.807, 2.05) is 12.3 Å². The zero-order chi connectivity index (χ0) is 25.4. The lowest BCUT2D eigenvalue weighted by atomic mass is 9.66. The molecule has 0 bridgehead atoms. The molecule has 1 saturated carbocycles. The van der Waals surface area contributed by atoms with E-state index in [1.165, 1.54) is 70.9 Å². The molecule has 2 aliphatic carbocycles. The van der Waals surface area contributed by atoms with Gasteiger partial charge in [0.05, 0.1) is 16.7 Å². The molecule has 3 aliphatic rings. The minimum absolute atomic E-state index is 0.0815. The lowest BCUT2D eigenvalue weighted by molar-refractivity contribution is 0.00578. The van der Waals surface area contributed by atoms with E-state index in [1.54, 1.807) is 0 Å². The molecule has 37 heavy (non-hydrogen) atoms. The maximum atomic E-state index is 6.45. The van der Waals surface area contributed by atoms with Crippen LogP contribution in [0, 0.1) is 0 Å². The van der Waals surface area contributed by atoms with Gasteiger partial charge in [-0.25, -0.2) is 0 Å². The van der Waals surface area contributed by atoms with E-state index < -0.39 is 0 Å². The molecule has 7 rings (SSSR count). The summed E-state index contributed by atoms with van der Waals surface area (Å²) >= 11 is 0. The minimum atomic E-state index is -0.344. The molecule has 0 N–H and O–H groups in total. The fourth-order valence-corrected chi connectivity index (χ4v) is 6.85. The van der Waals surface area contributed by atoms with Crippen molar-refractivity contribution in [3.05, 3.63) is 84.1 Å². The van der Waals surface area contributed by atoms with E-state index in [-0.39, 0.29) is 23.7 Å². The summed E-state index contributed by atoms with van der Waals surface area (Å²) in [6, 6.07) is 24.7. The van der Waals surface area contributed by atoms with Crippen molar-refractivity contribution in [2.45, 2.75) is 76.4 Å². The molecule has 186 valence electrons. The SMILES string of the molecule is CC1(C)OB(c2ccc3c(c2)C2(CCCCC2)c2ccc(-c4cccc5cccnc45)cc2-3)OC1(C)C. The molecule has 1 spiro atoms. The average molecular weight is 487 g/mol. The second kappa shape index (κ2) is 8.03. The van der Waals surface area contributed by atoms with Crippen molar-refractivity contribution in [3.8, 4) is 22.3 Å². The molecule has 0 amide bonds. The van der Waals surface area contributed by atoms with Gasteiger partial charge < -0.3 is 9.31 Å². The molecule has 0 unspecified atom stereocenters. The summed E-state index contributed by atoms with van der Waals surface area (Å²) in [6.45, 7) is 8.51. The Morgan fingerprint density at radius 2 is 1.46 bits per heavy atom. The third-order valence-electron chi connectivity index (χ3n) is 9.56. The fourth-order valence-electron chi connectivity index (χ4n) is 6.85. The Hall–Kier alpha value is -2.95. The Kier molecular flexibility index (Phi) is 5.03. The van der Waals surface area contributed by atoms with Gasteiger partial charge in [0.1, 0.15) is 0 Å². The summed E-state index contributed by atoms with van der Waals surface area (Å²) in [5.74, 6) is 0. The van der Waals surface area contributed by atoms with Crippen LogP contribution in [-0.4, -0.2) is 23.3 Å². The Labute approximate surface area is 220 Å². The van der Waals surface area contributed by atoms with Crippen molar-refractivity contribution in [1.82, 2.24) is 4.98 Å². The molecule has 2 fully saturated rings. The molecule has 0 radical (unpaired) electrons. The van der Waals surface area contributed by atoms with Crippen LogP contribution in [0.25, 0.3) is 33.2 Å². The van der Waals surface area contributed by atoms with Crippen LogP contribution in [0.4, 0.5) is 0 Å². The number of hydrogen-bond acceptors (Lipinski definition) is 3. The molecule has 4 heteroatoms. The molecular weight excluding hydrogens is 453 g/mol. The highest BCUT2D eigenvalue weighted by atomic mass is 16.7. The summed E-state index contributed by atoms with van der Waals surface area (Å²) in [5.41, 5.74) is 9.71. The van der Waals surface area contributed by atoms with Crippen LogP contribution in [0.2, 0.25) is 0 Å². The van der Waals surface area contributed by atoms with Gasteiger partial charge in [-0.15, -0.1) is 0 Å². The van der Waals surface area contributed by atoms with Gasteiger partial charge in [0, 0.05) is 22.6 Å². The maximum Gasteiger partial charge on any atom is 0.494 e. The number of aromatic nitrogens is 1. The Bertz CT molecular complexity index is 1510. The van der Waals surface area contributed by atoms with Gasteiger partial charge in [-0.1, -0.05) is 73.9 Å². The predicted octanol–water partition coefficient (Wildman–Crippen LogP) is 7.43. The second-order valence-corrected chi connectivity index (χ2v) is 12.2. The predicted molar refractivity (Wildman–Crippen MR) is 152 cm³/mol. The number of para-hydroxylation sites is 1. The summed E-state index contributed by atoms with van der Waals surface area (Å²) in [6.07, 6.45) is 8.17. The zero-order valence-electron chi connectivity index (χ0n) is 22.3. The Morgan fingerprint density at radius 3 is 2.24 bits per heavy atom. The summed E-state index contributed by atoms with van der Waals surface area (Å²) in [4.78, 5) is 4.73. The second-order valence-electron chi connectivity index (χ2n) is 12.2. The minimum Gasteiger partial charge on any atom is -0.399 e. The van der Waals surface area contributed by atoms with Crippen molar-refractivity contribution >= 4 is 23.5 Å². The highest BCUT2D eigenvalue weighted by Crippen LogP contribution is 2.56. The summed E-state index contributed by atoms with van der Waals surface area (Å²) in [5, 5.41) is 1.18. The van der Waals surface area contributed by atoms with E-state index in [0.717, 1.165) is 11.0 Å². The summed E-state index contributed by atoms with van der Waals surface area (Å²) in [7, 11) is -0.336. The van der Waals surface area contributed by atoms with Gasteiger partial charge in [0.25, 0.3) is 0 Å². The number of nitrogens with zero attached hydrogens (tertiary/aromatic N) is 1. The van der Waals surface area contributed by atoms with Crippen molar-refractivity contribution in [2.75, 3.05) is 0 Å². The number of rotatable bonds is 2. The van der Waals surface area contributed by atoms with Crippen molar-refractivity contribution < 1.29 is 9.31 Å². The number of hydrogen-bond donors (Lipinski definition) is 0. The van der Waals surface area contributed by atoms with Crippen LogP contribution in [0.15, 0.2) is 72.9 Å². The molecule has 1 aromatic heterocycles. The standard InChI is InChI=1S/C33H34BNO2/c1-31(2)32(3,4)37-34(36-31)24-14-15-26-27-20-23(25-12-8-10-22-11-9-19-35-30(22)25)13-16-28(27)33(29(26)21-24)17-6-5-7-18-33/h8-16,19-21H,5-7,17-18H2,1-4H3. The first-order valence-electron chi connectivity index (χ1n) is 13.8. The lowest BCUT2D eigenvalue weighted by Crippen LogP contribution is -2.41. The first kappa shape index (κ1) is 23.2. The van der Waals surface area contributed by atoms with Gasteiger partial charge >= 0.3 is 7.12 Å². The molecule has 2 heterocycles. The molecule has 0 atom stereocenters. The van der Waals surface area contributed by atoms with E-state index in [9.17, 15) is 0 Å². The first-order chi connectivity index (χ1) is 17.8. The number of pyridine rings is 1. The van der Waals surface area contributed by atoms with Gasteiger partial charge in [0.2, 0.25) is 0 Å². The van der Waals surface area contributed by atoms with Gasteiger partial charge in [-0.05, 0) is 85.9 Å². The maximum absolute atomic E-state index is 6.45. The van der Waals surface area contributed by atoms with E-state index in [0.29, 0.717) is 0 Å². The van der Waals surface area contributed by atoms with E-state index in [4.69, 9.17) is 14.3 Å². The van der Waals surface area contributed by atoms with Crippen LogP contribution in [0.1, 0.15) is 70.9 Å². The third kappa shape index (κ3) is 3.38. The summed E-state index contributed by atoms with van der Waals surface area (Å²) < 4.78 is 12.9. The highest BCUT2D eigenvalue weighted by molar-refractivity contribution is 6.62. The van der Waals surface area contributed by atoms with Crippen molar-refractivity contribution in [3.63, 3.8) is 0 Å². The molecule has 1 aliphatic heterocycles. The van der Waals surface area contributed by atoms with Crippen LogP contribution in [-0.2, 0) is 14.7 Å². The average Bonchev–Trinajstić information content (AvgIpc) is 3.29. The van der Waals surface area contributed by atoms with E-state index >= 15 is 0 Å². The van der Waals surface area contributed by atoms with Gasteiger partial charge in [0.15, 0.2) is 0 Å².